The summed E-state index contributed by atoms with van der Waals surface area (Å²) in [5.41, 5.74) is 7.67. The summed E-state index contributed by atoms with van der Waals surface area (Å²) in [4.78, 5) is 0. The van der Waals surface area contributed by atoms with Crippen molar-refractivity contribution in [3.05, 3.63) is 35.1 Å². The van der Waals surface area contributed by atoms with Crippen LogP contribution in [0.25, 0.3) is 0 Å². The lowest BCUT2D eigenvalue weighted by atomic mass is 9.92. The van der Waals surface area contributed by atoms with Crippen LogP contribution in [0.4, 0.5) is 4.39 Å². The van der Waals surface area contributed by atoms with Crippen molar-refractivity contribution in [1.82, 2.24) is 0 Å². The first-order valence-electron chi connectivity index (χ1n) is 5.08. The van der Waals surface area contributed by atoms with Crippen LogP contribution in [0.1, 0.15) is 37.4 Å². The van der Waals surface area contributed by atoms with E-state index in [9.17, 15) is 4.39 Å². The molecule has 2 N–H and O–H groups in total. The highest BCUT2D eigenvalue weighted by Gasteiger charge is 2.16. The maximum atomic E-state index is 13.4. The van der Waals surface area contributed by atoms with Crippen LogP contribution in [0, 0.1) is 18.7 Å². The van der Waals surface area contributed by atoms with Crippen LogP contribution in [0.15, 0.2) is 18.2 Å². The summed E-state index contributed by atoms with van der Waals surface area (Å²) < 4.78 is 13.4. The molecule has 1 unspecified atom stereocenters. The molecular formula is C12H19ClFN. The van der Waals surface area contributed by atoms with E-state index < -0.39 is 0 Å². The molecule has 0 aliphatic heterocycles. The number of halogens is 2. The maximum absolute atomic E-state index is 13.4. The highest BCUT2D eigenvalue weighted by Crippen LogP contribution is 2.24. The number of benzene rings is 1. The van der Waals surface area contributed by atoms with Gasteiger partial charge in [-0.2, -0.15) is 0 Å². The zero-order valence-corrected chi connectivity index (χ0v) is 10.3. The summed E-state index contributed by atoms with van der Waals surface area (Å²) >= 11 is 0. The average Bonchev–Trinajstić information content (AvgIpc) is 2.19. The number of aryl methyl sites for hydroxylation is 1. The molecule has 0 aromatic heterocycles. The van der Waals surface area contributed by atoms with E-state index in [2.05, 4.69) is 6.92 Å². The van der Waals surface area contributed by atoms with Crippen molar-refractivity contribution in [2.24, 2.45) is 11.7 Å². The first-order valence-corrected chi connectivity index (χ1v) is 5.08. The van der Waals surface area contributed by atoms with E-state index in [0.717, 1.165) is 12.0 Å². The van der Waals surface area contributed by atoms with Gasteiger partial charge in [0.15, 0.2) is 0 Å². The Kier molecular flexibility index (Phi) is 5.84. The van der Waals surface area contributed by atoms with Crippen LogP contribution in [0.3, 0.4) is 0 Å². The van der Waals surface area contributed by atoms with Crippen molar-refractivity contribution in [2.75, 3.05) is 0 Å². The topological polar surface area (TPSA) is 26.0 Å². The highest BCUT2D eigenvalue weighted by atomic mass is 35.5. The lowest BCUT2D eigenvalue weighted by Crippen LogP contribution is -2.19. The lowest BCUT2D eigenvalue weighted by Gasteiger charge is -2.19. The highest BCUT2D eigenvalue weighted by molar-refractivity contribution is 5.85. The minimum atomic E-state index is -0.195. The van der Waals surface area contributed by atoms with E-state index >= 15 is 0 Å². The molecule has 0 radical (unpaired) electrons. The minimum Gasteiger partial charge on any atom is -0.324 e. The average molecular weight is 232 g/mol. The molecule has 1 nitrogen and oxygen atoms in total. The summed E-state index contributed by atoms with van der Waals surface area (Å²) in [5, 5.41) is 0. The van der Waals surface area contributed by atoms with Gasteiger partial charge in [-0.1, -0.05) is 38.0 Å². The minimum absolute atomic E-state index is 0. The largest absolute Gasteiger partial charge is 0.324 e. The van der Waals surface area contributed by atoms with E-state index in [0.29, 0.717) is 11.5 Å². The molecule has 1 rings (SSSR count). The fraction of sp³-hybridized carbons (Fsp3) is 0.500. The standard InChI is InChI=1S/C12H18FN.ClH/c1-4-9(3)12(14)10-7-8(2)5-6-11(10)13;/h5-7,9,12H,4,14H2,1-3H3;1H/t9?,12-;/m0./s1. The van der Waals surface area contributed by atoms with Crippen molar-refractivity contribution < 1.29 is 4.39 Å². The molecule has 15 heavy (non-hydrogen) atoms. The van der Waals surface area contributed by atoms with E-state index in [1.54, 1.807) is 6.07 Å². The number of nitrogens with two attached hydrogens (primary N) is 1. The monoisotopic (exact) mass is 231 g/mol. The second kappa shape index (κ2) is 6.09. The smallest absolute Gasteiger partial charge is 0.127 e. The van der Waals surface area contributed by atoms with Crippen LogP contribution in [-0.4, -0.2) is 0 Å². The Labute approximate surface area is 97.3 Å². The zero-order chi connectivity index (χ0) is 10.7. The lowest BCUT2D eigenvalue weighted by molar-refractivity contribution is 0.439. The van der Waals surface area contributed by atoms with Gasteiger partial charge in [0, 0.05) is 11.6 Å². The fourth-order valence-corrected chi connectivity index (χ4v) is 1.48. The molecule has 0 saturated heterocycles. The second-order valence-corrected chi connectivity index (χ2v) is 3.94. The third kappa shape index (κ3) is 3.47. The summed E-state index contributed by atoms with van der Waals surface area (Å²) in [7, 11) is 0. The van der Waals surface area contributed by atoms with E-state index in [1.165, 1.54) is 6.07 Å². The predicted octanol–water partition coefficient (Wildman–Crippen LogP) is 3.60. The Bertz CT molecular complexity index is 314. The van der Waals surface area contributed by atoms with Crippen LogP contribution in [-0.2, 0) is 0 Å². The summed E-state index contributed by atoms with van der Waals surface area (Å²) in [6.45, 7) is 6.07. The van der Waals surface area contributed by atoms with Gasteiger partial charge in [-0.25, -0.2) is 4.39 Å². The Hall–Kier alpha value is -0.600. The number of hydrogen-bond acceptors (Lipinski definition) is 1. The van der Waals surface area contributed by atoms with Gasteiger partial charge in [0.25, 0.3) is 0 Å². The molecule has 0 fully saturated rings. The molecule has 0 bridgehead atoms. The van der Waals surface area contributed by atoms with Crippen LogP contribution >= 0.6 is 12.4 Å². The quantitative estimate of drug-likeness (QED) is 0.845. The fourth-order valence-electron chi connectivity index (χ4n) is 1.48. The first-order chi connectivity index (χ1) is 6.56. The van der Waals surface area contributed by atoms with Crippen molar-refractivity contribution >= 4 is 12.4 Å². The van der Waals surface area contributed by atoms with Crippen molar-refractivity contribution in [2.45, 2.75) is 33.2 Å². The maximum Gasteiger partial charge on any atom is 0.127 e. The normalized spacial score (nSPS) is 14.2. The van der Waals surface area contributed by atoms with Crippen LogP contribution < -0.4 is 5.73 Å². The molecule has 1 aromatic carbocycles. The molecule has 0 aliphatic rings. The van der Waals surface area contributed by atoms with Gasteiger partial charge < -0.3 is 5.73 Å². The molecular weight excluding hydrogens is 213 g/mol. The molecule has 3 heteroatoms. The van der Waals surface area contributed by atoms with E-state index in [1.807, 2.05) is 19.9 Å². The summed E-state index contributed by atoms with van der Waals surface area (Å²) in [5.74, 6) is 0.120. The molecule has 0 aliphatic carbocycles. The van der Waals surface area contributed by atoms with Crippen LogP contribution in [0.5, 0.6) is 0 Å². The molecule has 0 spiro atoms. The van der Waals surface area contributed by atoms with Gasteiger partial charge in [-0.3, -0.25) is 0 Å². The molecule has 0 heterocycles. The van der Waals surface area contributed by atoms with Gasteiger partial charge in [-0.15, -0.1) is 12.4 Å². The first kappa shape index (κ1) is 14.4. The van der Waals surface area contributed by atoms with Gasteiger partial charge in [0.1, 0.15) is 5.82 Å². The third-order valence-corrected chi connectivity index (χ3v) is 2.77. The van der Waals surface area contributed by atoms with E-state index in [4.69, 9.17) is 5.73 Å². The molecule has 0 amide bonds. The zero-order valence-electron chi connectivity index (χ0n) is 9.46. The third-order valence-electron chi connectivity index (χ3n) is 2.77. The molecule has 2 atom stereocenters. The Morgan fingerprint density at radius 2 is 2.00 bits per heavy atom. The predicted molar refractivity (Wildman–Crippen MR) is 64.8 cm³/mol. The van der Waals surface area contributed by atoms with E-state index in [-0.39, 0.29) is 24.3 Å². The van der Waals surface area contributed by atoms with Gasteiger partial charge in [0.2, 0.25) is 0 Å². The Balaban J connectivity index is 0.00000196. The van der Waals surface area contributed by atoms with Crippen LogP contribution in [0.2, 0.25) is 0 Å². The second-order valence-electron chi connectivity index (χ2n) is 3.94. The Morgan fingerprint density at radius 3 is 2.53 bits per heavy atom. The SMILES string of the molecule is CCC(C)[C@H](N)c1cc(C)ccc1F.Cl. The number of hydrogen-bond donors (Lipinski definition) is 1. The summed E-state index contributed by atoms with van der Waals surface area (Å²) in [6.07, 6.45) is 0.967. The van der Waals surface area contributed by atoms with Gasteiger partial charge >= 0.3 is 0 Å². The molecule has 1 aromatic rings. The van der Waals surface area contributed by atoms with Crippen molar-refractivity contribution in [3.8, 4) is 0 Å². The Morgan fingerprint density at radius 1 is 1.40 bits per heavy atom. The molecule has 0 saturated carbocycles. The molecule has 86 valence electrons. The number of rotatable bonds is 3. The van der Waals surface area contributed by atoms with Crippen molar-refractivity contribution in [3.63, 3.8) is 0 Å². The van der Waals surface area contributed by atoms with Crippen molar-refractivity contribution in [1.29, 1.82) is 0 Å². The van der Waals surface area contributed by atoms with Gasteiger partial charge in [-0.05, 0) is 18.9 Å². The van der Waals surface area contributed by atoms with Gasteiger partial charge in [0.05, 0.1) is 0 Å². The summed E-state index contributed by atoms with van der Waals surface area (Å²) in [6, 6.07) is 4.90.